The Morgan fingerprint density at radius 3 is 3.07 bits per heavy atom. The Morgan fingerprint density at radius 2 is 2.47 bits per heavy atom. The van der Waals surface area contributed by atoms with E-state index in [4.69, 9.17) is 10.5 Å². The number of nitrogens with two attached hydrogens (primary N) is 1. The smallest absolute Gasteiger partial charge is 0.180 e. The maximum atomic E-state index is 5.55. The lowest BCUT2D eigenvalue weighted by Gasteiger charge is -2.34. The molecule has 1 aliphatic carbocycles. The summed E-state index contributed by atoms with van der Waals surface area (Å²) in [6, 6.07) is 0.630. The Hall–Kier alpha value is -0.650. The molecule has 1 fully saturated rings. The van der Waals surface area contributed by atoms with E-state index in [9.17, 15) is 0 Å². The number of anilines is 1. The van der Waals surface area contributed by atoms with E-state index in [2.05, 4.69) is 10.3 Å². The minimum atomic E-state index is 0.470. The predicted octanol–water partition coefficient (Wildman–Crippen LogP) is 1.03. The van der Waals surface area contributed by atoms with Gasteiger partial charge in [-0.15, -0.1) is 11.3 Å². The van der Waals surface area contributed by atoms with Crippen LogP contribution in [-0.2, 0) is 11.2 Å². The molecular formula is C10H17N3OS. The van der Waals surface area contributed by atoms with Crippen molar-refractivity contribution >= 4 is 16.5 Å². The van der Waals surface area contributed by atoms with Gasteiger partial charge in [-0.3, -0.25) is 0 Å². The highest BCUT2D eigenvalue weighted by molar-refractivity contribution is 7.13. The topological polar surface area (TPSA) is 60.2 Å². The van der Waals surface area contributed by atoms with E-state index >= 15 is 0 Å². The molecule has 5 heteroatoms. The monoisotopic (exact) mass is 227 g/mol. The van der Waals surface area contributed by atoms with Crippen LogP contribution < -0.4 is 11.1 Å². The van der Waals surface area contributed by atoms with Gasteiger partial charge in [0.1, 0.15) is 0 Å². The van der Waals surface area contributed by atoms with Crippen molar-refractivity contribution in [2.75, 3.05) is 19.4 Å². The van der Waals surface area contributed by atoms with Crippen LogP contribution in [0, 0.1) is 0 Å². The second-order valence-corrected chi connectivity index (χ2v) is 4.80. The number of hydrogen-bond acceptors (Lipinski definition) is 5. The number of hydrogen-bond donors (Lipinski definition) is 2. The first-order chi connectivity index (χ1) is 7.28. The Kier molecular flexibility index (Phi) is 3.56. The summed E-state index contributed by atoms with van der Waals surface area (Å²) in [6.45, 7) is 0.976. The molecule has 84 valence electrons. The molecule has 0 aromatic carbocycles. The zero-order valence-electron chi connectivity index (χ0n) is 8.90. The first kappa shape index (κ1) is 10.9. The number of rotatable bonds is 5. The standard InChI is InChI=1S/C10H17N3OS/c1-14-9-4-8(5-9)12-3-2-7-6-15-10(11)13-7/h6,8-9,12H,2-5H2,1H3,(H2,11,13). The molecule has 0 radical (unpaired) electrons. The van der Waals surface area contributed by atoms with Crippen LogP contribution >= 0.6 is 11.3 Å². The van der Waals surface area contributed by atoms with Crippen LogP contribution in [0.1, 0.15) is 18.5 Å². The molecule has 1 heterocycles. The summed E-state index contributed by atoms with van der Waals surface area (Å²) in [5.41, 5.74) is 6.64. The van der Waals surface area contributed by atoms with Crippen molar-refractivity contribution in [1.82, 2.24) is 10.3 Å². The van der Waals surface area contributed by atoms with Gasteiger partial charge >= 0.3 is 0 Å². The highest BCUT2D eigenvalue weighted by Gasteiger charge is 2.27. The summed E-state index contributed by atoms with van der Waals surface area (Å²) in [7, 11) is 1.78. The van der Waals surface area contributed by atoms with Crippen molar-refractivity contribution in [2.24, 2.45) is 0 Å². The zero-order valence-corrected chi connectivity index (χ0v) is 9.72. The summed E-state index contributed by atoms with van der Waals surface area (Å²) in [5, 5.41) is 6.17. The fourth-order valence-corrected chi connectivity index (χ4v) is 2.36. The lowest BCUT2D eigenvalue weighted by Crippen LogP contribution is -2.45. The quantitative estimate of drug-likeness (QED) is 0.789. The van der Waals surface area contributed by atoms with Crippen molar-refractivity contribution in [1.29, 1.82) is 0 Å². The van der Waals surface area contributed by atoms with E-state index < -0.39 is 0 Å². The van der Waals surface area contributed by atoms with Gasteiger partial charge in [0.05, 0.1) is 11.8 Å². The Morgan fingerprint density at radius 1 is 1.67 bits per heavy atom. The van der Waals surface area contributed by atoms with Gasteiger partial charge in [-0.2, -0.15) is 0 Å². The Balaban J connectivity index is 1.60. The predicted molar refractivity (Wildman–Crippen MR) is 62.1 cm³/mol. The molecule has 0 bridgehead atoms. The number of methoxy groups -OCH3 is 1. The number of nitrogens with one attached hydrogen (secondary N) is 1. The van der Waals surface area contributed by atoms with Gasteiger partial charge in [-0.1, -0.05) is 0 Å². The molecular weight excluding hydrogens is 210 g/mol. The van der Waals surface area contributed by atoms with Crippen molar-refractivity contribution in [3.05, 3.63) is 11.1 Å². The Bertz CT molecular complexity index is 309. The summed E-state index contributed by atoms with van der Waals surface area (Å²) >= 11 is 1.51. The minimum Gasteiger partial charge on any atom is -0.381 e. The van der Waals surface area contributed by atoms with E-state index in [0.29, 0.717) is 17.3 Å². The van der Waals surface area contributed by atoms with Gasteiger partial charge in [-0.05, 0) is 12.8 Å². The molecule has 0 aliphatic heterocycles. The number of aromatic nitrogens is 1. The van der Waals surface area contributed by atoms with Crippen LogP contribution in [0.3, 0.4) is 0 Å². The molecule has 15 heavy (non-hydrogen) atoms. The highest BCUT2D eigenvalue weighted by Crippen LogP contribution is 2.22. The highest BCUT2D eigenvalue weighted by atomic mass is 32.1. The summed E-state index contributed by atoms with van der Waals surface area (Å²) in [6.07, 6.45) is 3.70. The normalized spacial score (nSPS) is 25.1. The third kappa shape index (κ3) is 2.90. The number of ether oxygens (including phenoxy) is 1. The summed E-state index contributed by atoms with van der Waals surface area (Å²) < 4.78 is 5.22. The summed E-state index contributed by atoms with van der Waals surface area (Å²) in [5.74, 6) is 0. The molecule has 0 amide bonds. The second kappa shape index (κ2) is 4.92. The van der Waals surface area contributed by atoms with Gasteiger partial charge < -0.3 is 15.8 Å². The van der Waals surface area contributed by atoms with E-state index in [-0.39, 0.29) is 0 Å². The van der Waals surface area contributed by atoms with Crippen molar-refractivity contribution < 1.29 is 4.74 Å². The maximum Gasteiger partial charge on any atom is 0.180 e. The van der Waals surface area contributed by atoms with Crippen LogP contribution in [0.25, 0.3) is 0 Å². The largest absolute Gasteiger partial charge is 0.381 e. The summed E-state index contributed by atoms with van der Waals surface area (Å²) in [4.78, 5) is 4.21. The molecule has 1 saturated carbocycles. The number of nitrogens with zero attached hydrogens (tertiary/aromatic N) is 1. The molecule has 0 unspecified atom stereocenters. The van der Waals surface area contributed by atoms with E-state index in [1.807, 2.05) is 5.38 Å². The number of nitrogen functional groups attached to an aromatic ring is 1. The molecule has 0 saturated heterocycles. The molecule has 1 aliphatic rings. The minimum absolute atomic E-state index is 0.470. The van der Waals surface area contributed by atoms with Crippen molar-refractivity contribution in [3.63, 3.8) is 0 Å². The number of thiazole rings is 1. The molecule has 3 N–H and O–H groups in total. The molecule has 1 aromatic rings. The van der Waals surface area contributed by atoms with Crippen molar-refractivity contribution in [3.8, 4) is 0 Å². The molecule has 0 spiro atoms. The van der Waals surface area contributed by atoms with Crippen LogP contribution in [0.4, 0.5) is 5.13 Å². The molecule has 2 rings (SSSR count). The second-order valence-electron chi connectivity index (χ2n) is 3.91. The van der Waals surface area contributed by atoms with Gasteiger partial charge in [0.15, 0.2) is 5.13 Å². The van der Waals surface area contributed by atoms with E-state index in [1.54, 1.807) is 7.11 Å². The first-order valence-electron chi connectivity index (χ1n) is 5.24. The average molecular weight is 227 g/mol. The van der Waals surface area contributed by atoms with Gasteiger partial charge in [0.2, 0.25) is 0 Å². The van der Waals surface area contributed by atoms with Gasteiger partial charge in [0, 0.05) is 31.5 Å². The average Bonchev–Trinajstić information content (AvgIpc) is 2.55. The molecule has 0 atom stereocenters. The van der Waals surface area contributed by atoms with E-state index in [1.165, 1.54) is 11.3 Å². The third-order valence-electron chi connectivity index (χ3n) is 2.81. The van der Waals surface area contributed by atoms with E-state index in [0.717, 1.165) is 31.5 Å². The van der Waals surface area contributed by atoms with Crippen LogP contribution in [0.15, 0.2) is 5.38 Å². The van der Waals surface area contributed by atoms with Crippen LogP contribution in [0.5, 0.6) is 0 Å². The zero-order chi connectivity index (χ0) is 10.7. The van der Waals surface area contributed by atoms with Crippen LogP contribution in [0.2, 0.25) is 0 Å². The maximum absolute atomic E-state index is 5.55. The van der Waals surface area contributed by atoms with Crippen molar-refractivity contribution in [2.45, 2.75) is 31.4 Å². The first-order valence-corrected chi connectivity index (χ1v) is 6.12. The SMILES string of the molecule is COC1CC(NCCc2csc(N)n2)C1. The fourth-order valence-electron chi connectivity index (χ4n) is 1.77. The van der Waals surface area contributed by atoms with Gasteiger partial charge in [-0.25, -0.2) is 4.98 Å². The molecule has 1 aromatic heterocycles. The Labute approximate surface area is 93.8 Å². The van der Waals surface area contributed by atoms with Crippen LogP contribution in [-0.4, -0.2) is 30.8 Å². The van der Waals surface area contributed by atoms with Gasteiger partial charge in [0.25, 0.3) is 0 Å². The third-order valence-corrected chi connectivity index (χ3v) is 3.53. The lowest BCUT2D eigenvalue weighted by molar-refractivity contribution is 0.0177. The lowest BCUT2D eigenvalue weighted by atomic mass is 9.89. The molecule has 4 nitrogen and oxygen atoms in total. The fraction of sp³-hybridized carbons (Fsp3) is 0.700.